The maximum absolute atomic E-state index is 11.5. The number of sulfonamides is 1. The second-order valence-corrected chi connectivity index (χ2v) is 6.78. The third kappa shape index (κ3) is 1.90. The first-order chi connectivity index (χ1) is 9.40. The number of halogens is 1. The highest BCUT2D eigenvalue weighted by molar-refractivity contribution is 7.94. The molecule has 6 nitrogen and oxygen atoms in total. The molecule has 8 heteroatoms. The SMILES string of the molecule is O=S1(=O)CCN1c1oc(-c2ccc(Cl)cc2)c(O)c1O. The fourth-order valence-corrected chi connectivity index (χ4v) is 3.09. The Hall–Kier alpha value is -1.86. The van der Waals surface area contributed by atoms with E-state index < -0.39 is 21.5 Å². The molecule has 0 unspecified atom stereocenters. The molecule has 0 aliphatic carbocycles. The molecule has 0 radical (unpaired) electrons. The van der Waals surface area contributed by atoms with E-state index in [1.54, 1.807) is 24.3 Å². The van der Waals surface area contributed by atoms with Crippen molar-refractivity contribution in [2.45, 2.75) is 0 Å². The van der Waals surface area contributed by atoms with Crippen LogP contribution in [0.3, 0.4) is 0 Å². The number of hydrogen-bond donors (Lipinski definition) is 2. The molecule has 2 aromatic rings. The number of nitrogens with zero attached hydrogens (tertiary/aromatic N) is 1. The van der Waals surface area contributed by atoms with E-state index in [4.69, 9.17) is 16.0 Å². The van der Waals surface area contributed by atoms with Gasteiger partial charge in [-0.25, -0.2) is 12.7 Å². The van der Waals surface area contributed by atoms with Crippen molar-refractivity contribution >= 4 is 27.5 Å². The normalized spacial score (nSPS) is 16.9. The second-order valence-electron chi connectivity index (χ2n) is 4.33. The van der Waals surface area contributed by atoms with Crippen molar-refractivity contribution in [2.24, 2.45) is 0 Å². The van der Waals surface area contributed by atoms with Crippen LogP contribution in [-0.4, -0.2) is 30.9 Å². The molecule has 1 aromatic heterocycles. The van der Waals surface area contributed by atoms with Gasteiger partial charge in [-0.1, -0.05) is 11.6 Å². The van der Waals surface area contributed by atoms with Crippen molar-refractivity contribution < 1.29 is 23.0 Å². The first-order valence-corrected chi connectivity index (χ1v) is 7.70. The Balaban J connectivity index is 2.08. The summed E-state index contributed by atoms with van der Waals surface area (Å²) >= 11 is 5.76. The van der Waals surface area contributed by atoms with Gasteiger partial charge >= 0.3 is 0 Å². The Morgan fingerprint density at radius 2 is 1.80 bits per heavy atom. The van der Waals surface area contributed by atoms with Crippen LogP contribution in [0.5, 0.6) is 11.5 Å². The first kappa shape index (κ1) is 13.1. The highest BCUT2D eigenvalue weighted by Crippen LogP contribution is 2.48. The second kappa shape index (κ2) is 4.32. The van der Waals surface area contributed by atoms with Crippen molar-refractivity contribution in [1.82, 2.24) is 0 Å². The summed E-state index contributed by atoms with van der Waals surface area (Å²) in [6.45, 7) is 0.211. The lowest BCUT2D eigenvalue weighted by molar-refractivity contribution is 0.409. The fraction of sp³-hybridized carbons (Fsp3) is 0.167. The van der Waals surface area contributed by atoms with Gasteiger partial charge in [0.2, 0.25) is 21.5 Å². The predicted octanol–water partition coefficient (Wildman–Crippen LogP) is 2.16. The van der Waals surface area contributed by atoms with Crippen LogP contribution in [0, 0.1) is 0 Å². The molecule has 106 valence electrons. The molecule has 3 rings (SSSR count). The van der Waals surface area contributed by atoms with Crippen LogP contribution in [-0.2, 0) is 10.0 Å². The van der Waals surface area contributed by atoms with E-state index in [1.807, 2.05) is 0 Å². The molecule has 0 atom stereocenters. The van der Waals surface area contributed by atoms with Gasteiger partial charge < -0.3 is 14.6 Å². The zero-order valence-corrected chi connectivity index (χ0v) is 11.6. The minimum atomic E-state index is -3.44. The molecular weight excluding hydrogens is 306 g/mol. The average molecular weight is 316 g/mol. The highest BCUT2D eigenvalue weighted by atomic mass is 35.5. The number of rotatable bonds is 2. The van der Waals surface area contributed by atoms with Crippen LogP contribution in [0.15, 0.2) is 28.7 Å². The van der Waals surface area contributed by atoms with Gasteiger partial charge in [-0.05, 0) is 24.3 Å². The van der Waals surface area contributed by atoms with Gasteiger partial charge in [0.05, 0.1) is 12.3 Å². The maximum Gasteiger partial charge on any atom is 0.256 e. The van der Waals surface area contributed by atoms with Crippen LogP contribution in [0.25, 0.3) is 11.3 Å². The summed E-state index contributed by atoms with van der Waals surface area (Å²) in [5.74, 6) is -1.36. The molecule has 0 amide bonds. The molecule has 1 aromatic carbocycles. The lowest BCUT2D eigenvalue weighted by Crippen LogP contribution is -2.47. The molecule has 1 aliphatic rings. The van der Waals surface area contributed by atoms with Crippen LogP contribution in [0.4, 0.5) is 5.88 Å². The standard InChI is InChI=1S/C12H10ClNO5S/c13-8-3-1-7(2-4-8)11-9(15)10(16)12(19-11)14-5-6-20(14,17)18/h1-4,15-16H,5-6H2. The van der Waals surface area contributed by atoms with Crippen molar-refractivity contribution in [3.05, 3.63) is 29.3 Å². The highest BCUT2D eigenvalue weighted by Gasteiger charge is 2.39. The number of aromatic hydroxyl groups is 2. The van der Waals surface area contributed by atoms with Crippen molar-refractivity contribution in [3.8, 4) is 22.8 Å². The van der Waals surface area contributed by atoms with Crippen LogP contribution in [0.2, 0.25) is 5.02 Å². The summed E-state index contributed by atoms with van der Waals surface area (Å²) in [6, 6.07) is 6.37. The topological polar surface area (TPSA) is 91.0 Å². The Kier molecular flexibility index (Phi) is 2.84. The van der Waals surface area contributed by atoms with Crippen molar-refractivity contribution in [1.29, 1.82) is 0 Å². The van der Waals surface area contributed by atoms with Gasteiger partial charge in [0.25, 0.3) is 5.88 Å². The Morgan fingerprint density at radius 3 is 2.30 bits per heavy atom. The summed E-state index contributed by atoms with van der Waals surface area (Å²) in [5.41, 5.74) is 0.478. The van der Waals surface area contributed by atoms with Gasteiger partial charge in [0.15, 0.2) is 5.76 Å². The van der Waals surface area contributed by atoms with Crippen molar-refractivity contribution in [2.75, 3.05) is 16.6 Å². The average Bonchev–Trinajstić information content (AvgIpc) is 2.67. The maximum atomic E-state index is 11.5. The first-order valence-electron chi connectivity index (χ1n) is 5.71. The predicted molar refractivity (Wildman–Crippen MR) is 73.6 cm³/mol. The number of anilines is 1. The van der Waals surface area contributed by atoms with E-state index in [0.717, 1.165) is 4.31 Å². The van der Waals surface area contributed by atoms with E-state index >= 15 is 0 Å². The summed E-state index contributed by atoms with van der Waals surface area (Å²) in [4.78, 5) is 0. The smallest absolute Gasteiger partial charge is 0.256 e. The van der Waals surface area contributed by atoms with Crippen molar-refractivity contribution in [3.63, 3.8) is 0 Å². The number of hydrogen-bond acceptors (Lipinski definition) is 5. The molecule has 0 saturated carbocycles. The third-order valence-electron chi connectivity index (χ3n) is 3.06. The van der Waals surface area contributed by atoms with Crippen LogP contribution in [0.1, 0.15) is 0 Å². The molecule has 20 heavy (non-hydrogen) atoms. The Labute approximate surface area is 119 Å². The van der Waals surface area contributed by atoms with Gasteiger partial charge in [-0.15, -0.1) is 0 Å². The van der Waals surface area contributed by atoms with Crippen LogP contribution >= 0.6 is 11.6 Å². The zero-order valence-electron chi connectivity index (χ0n) is 10.1. The Bertz CT molecular complexity index is 766. The van der Waals surface area contributed by atoms with Crippen LogP contribution < -0.4 is 4.31 Å². The van der Waals surface area contributed by atoms with Gasteiger partial charge in [-0.2, -0.15) is 0 Å². The monoisotopic (exact) mass is 315 g/mol. The van der Waals surface area contributed by atoms with Gasteiger partial charge in [0.1, 0.15) is 0 Å². The van der Waals surface area contributed by atoms with E-state index in [0.29, 0.717) is 10.6 Å². The Morgan fingerprint density at radius 1 is 1.15 bits per heavy atom. The summed E-state index contributed by atoms with van der Waals surface area (Å²) < 4.78 is 29.3. The lowest BCUT2D eigenvalue weighted by Gasteiger charge is -2.29. The number of furan rings is 1. The molecule has 0 bridgehead atoms. The number of benzene rings is 1. The minimum absolute atomic E-state index is 0.00346. The third-order valence-corrected chi connectivity index (χ3v) is 5.03. The van der Waals surface area contributed by atoms with Gasteiger partial charge in [0, 0.05) is 10.6 Å². The van der Waals surface area contributed by atoms with E-state index in [-0.39, 0.29) is 23.9 Å². The minimum Gasteiger partial charge on any atom is -0.502 e. The molecular formula is C12H10ClNO5S. The fourth-order valence-electron chi connectivity index (χ4n) is 1.93. The zero-order chi connectivity index (χ0) is 14.5. The summed E-state index contributed by atoms with van der Waals surface area (Å²) in [6.07, 6.45) is 0. The van der Waals surface area contributed by atoms with Gasteiger partial charge in [-0.3, -0.25) is 0 Å². The summed E-state index contributed by atoms with van der Waals surface area (Å²) in [7, 11) is -3.44. The molecule has 0 spiro atoms. The quantitative estimate of drug-likeness (QED) is 0.886. The van der Waals surface area contributed by atoms with E-state index in [2.05, 4.69) is 0 Å². The molecule has 2 heterocycles. The van der Waals surface area contributed by atoms with E-state index in [9.17, 15) is 18.6 Å². The molecule has 1 saturated heterocycles. The van der Waals surface area contributed by atoms with E-state index in [1.165, 1.54) is 0 Å². The molecule has 1 fully saturated rings. The largest absolute Gasteiger partial charge is 0.502 e. The molecule has 1 aliphatic heterocycles. The summed E-state index contributed by atoms with van der Waals surface area (Å²) in [5, 5.41) is 20.2. The molecule has 2 N–H and O–H groups in total. The lowest BCUT2D eigenvalue weighted by atomic mass is 10.1.